The van der Waals surface area contributed by atoms with Crippen molar-refractivity contribution in [1.29, 1.82) is 0 Å². The Bertz CT molecular complexity index is 563. The molecule has 156 valence electrons. The fourth-order valence-corrected chi connectivity index (χ4v) is 2.20. The number of amides is 1. The van der Waals surface area contributed by atoms with Gasteiger partial charge in [-0.1, -0.05) is 30.3 Å². The van der Waals surface area contributed by atoms with E-state index in [0.29, 0.717) is 46.2 Å². The number of rotatable bonds is 16. The topological polar surface area (TPSA) is 95.6 Å². The standard InChI is InChI=1S/C20H29NO7/c22-19(6-7-20(23)28-14-17-4-2-1-3-5-17)21-8-9-24-10-11-25-12-13-26-15-18-16-27-18/h1-5,18H,6-16H2,(H,21,22). The molecule has 1 aliphatic heterocycles. The number of hydrogen-bond donors (Lipinski definition) is 1. The number of carbonyl (C=O) groups excluding carboxylic acids is 2. The summed E-state index contributed by atoms with van der Waals surface area (Å²) in [4.78, 5) is 23.3. The molecule has 1 unspecified atom stereocenters. The second-order valence-electron chi connectivity index (χ2n) is 6.25. The van der Waals surface area contributed by atoms with Crippen molar-refractivity contribution in [3.8, 4) is 0 Å². The van der Waals surface area contributed by atoms with Crippen molar-refractivity contribution < 1.29 is 33.3 Å². The van der Waals surface area contributed by atoms with E-state index in [-0.39, 0.29) is 37.4 Å². The molecule has 0 bridgehead atoms. The van der Waals surface area contributed by atoms with Gasteiger partial charge >= 0.3 is 5.97 Å². The Balaban J connectivity index is 1.33. The minimum Gasteiger partial charge on any atom is -0.461 e. The van der Waals surface area contributed by atoms with Gasteiger partial charge in [-0.2, -0.15) is 0 Å². The van der Waals surface area contributed by atoms with E-state index in [2.05, 4.69) is 5.32 Å². The molecular formula is C20H29NO7. The molecule has 1 aliphatic rings. The predicted octanol–water partition coefficient (Wildman–Crippen LogP) is 1.07. The van der Waals surface area contributed by atoms with Crippen LogP contribution in [0.3, 0.4) is 0 Å². The van der Waals surface area contributed by atoms with Gasteiger partial charge in [0.05, 0.1) is 52.7 Å². The highest BCUT2D eigenvalue weighted by Gasteiger charge is 2.21. The largest absolute Gasteiger partial charge is 0.461 e. The highest BCUT2D eigenvalue weighted by molar-refractivity contribution is 5.81. The molecule has 0 radical (unpaired) electrons. The van der Waals surface area contributed by atoms with Crippen LogP contribution in [0.5, 0.6) is 0 Å². The van der Waals surface area contributed by atoms with Gasteiger partial charge in [0.15, 0.2) is 0 Å². The lowest BCUT2D eigenvalue weighted by Crippen LogP contribution is -2.28. The first kappa shape index (κ1) is 22.3. The maximum Gasteiger partial charge on any atom is 0.306 e. The summed E-state index contributed by atoms with van der Waals surface area (Å²) in [6, 6.07) is 9.41. The molecule has 0 saturated carbocycles. The van der Waals surface area contributed by atoms with Crippen LogP contribution < -0.4 is 5.32 Å². The molecule has 1 fully saturated rings. The van der Waals surface area contributed by atoms with Gasteiger partial charge in [-0.25, -0.2) is 0 Å². The first-order chi connectivity index (χ1) is 13.7. The molecule has 28 heavy (non-hydrogen) atoms. The van der Waals surface area contributed by atoms with Crippen molar-refractivity contribution in [3.05, 3.63) is 35.9 Å². The molecule has 2 rings (SSSR count). The molecule has 1 aromatic rings. The first-order valence-corrected chi connectivity index (χ1v) is 9.55. The number of benzene rings is 1. The minimum absolute atomic E-state index is 0.0578. The molecule has 8 nitrogen and oxygen atoms in total. The van der Waals surface area contributed by atoms with E-state index in [0.717, 1.165) is 12.2 Å². The average molecular weight is 395 g/mol. The summed E-state index contributed by atoms with van der Waals surface area (Å²) in [6.45, 7) is 4.42. The summed E-state index contributed by atoms with van der Waals surface area (Å²) < 4.78 is 26.2. The zero-order valence-electron chi connectivity index (χ0n) is 16.1. The highest BCUT2D eigenvalue weighted by atomic mass is 16.6. The fourth-order valence-electron chi connectivity index (χ4n) is 2.20. The van der Waals surface area contributed by atoms with Crippen LogP contribution >= 0.6 is 0 Å². The van der Waals surface area contributed by atoms with Crippen molar-refractivity contribution >= 4 is 11.9 Å². The maximum atomic E-state index is 11.7. The van der Waals surface area contributed by atoms with Gasteiger partial charge in [0.2, 0.25) is 5.91 Å². The monoisotopic (exact) mass is 395 g/mol. The molecular weight excluding hydrogens is 366 g/mol. The van der Waals surface area contributed by atoms with Crippen LogP contribution in [-0.2, 0) is 39.9 Å². The molecule has 1 heterocycles. The molecule has 0 aromatic heterocycles. The summed E-state index contributed by atoms with van der Waals surface area (Å²) in [5.41, 5.74) is 0.918. The van der Waals surface area contributed by atoms with Crippen molar-refractivity contribution in [2.45, 2.75) is 25.6 Å². The third kappa shape index (κ3) is 11.7. The van der Waals surface area contributed by atoms with Crippen molar-refractivity contribution in [2.75, 3.05) is 52.8 Å². The first-order valence-electron chi connectivity index (χ1n) is 9.55. The maximum absolute atomic E-state index is 11.7. The number of carbonyl (C=O) groups is 2. The Kier molecular flexibility index (Phi) is 11.2. The molecule has 1 atom stereocenters. The van der Waals surface area contributed by atoms with Gasteiger partial charge < -0.3 is 29.0 Å². The van der Waals surface area contributed by atoms with Gasteiger partial charge in [-0.3, -0.25) is 9.59 Å². The number of epoxide rings is 1. The van der Waals surface area contributed by atoms with Crippen LogP contribution in [0.25, 0.3) is 0 Å². The normalized spacial score (nSPS) is 15.2. The van der Waals surface area contributed by atoms with E-state index in [9.17, 15) is 9.59 Å². The van der Waals surface area contributed by atoms with E-state index in [4.69, 9.17) is 23.7 Å². The molecule has 1 N–H and O–H groups in total. The summed E-state index contributed by atoms with van der Waals surface area (Å²) in [5, 5.41) is 2.70. The zero-order chi connectivity index (χ0) is 19.9. The summed E-state index contributed by atoms with van der Waals surface area (Å²) >= 11 is 0. The van der Waals surface area contributed by atoms with Gasteiger partial charge in [0.25, 0.3) is 0 Å². The van der Waals surface area contributed by atoms with Crippen LogP contribution in [0.1, 0.15) is 18.4 Å². The lowest BCUT2D eigenvalue weighted by Gasteiger charge is -2.08. The third-order valence-electron chi connectivity index (χ3n) is 3.82. The quantitative estimate of drug-likeness (QED) is 0.254. The zero-order valence-corrected chi connectivity index (χ0v) is 16.1. The molecule has 0 aliphatic carbocycles. The molecule has 1 aromatic carbocycles. The fraction of sp³-hybridized carbons (Fsp3) is 0.600. The highest BCUT2D eigenvalue weighted by Crippen LogP contribution is 2.08. The van der Waals surface area contributed by atoms with Crippen LogP contribution in [0.4, 0.5) is 0 Å². The van der Waals surface area contributed by atoms with Crippen molar-refractivity contribution in [2.24, 2.45) is 0 Å². The minimum atomic E-state index is -0.388. The Morgan fingerprint density at radius 1 is 0.964 bits per heavy atom. The second kappa shape index (κ2) is 14.1. The third-order valence-corrected chi connectivity index (χ3v) is 3.82. The number of hydrogen-bond acceptors (Lipinski definition) is 7. The Labute approximate surface area is 165 Å². The van der Waals surface area contributed by atoms with Crippen LogP contribution in [0.15, 0.2) is 30.3 Å². The number of nitrogens with one attached hydrogen (secondary N) is 1. The number of esters is 1. The Morgan fingerprint density at radius 2 is 1.64 bits per heavy atom. The Hall–Kier alpha value is -2.00. The smallest absolute Gasteiger partial charge is 0.306 e. The summed E-state index contributed by atoms with van der Waals surface area (Å²) in [5.74, 6) is -0.589. The second-order valence-corrected chi connectivity index (χ2v) is 6.25. The molecule has 8 heteroatoms. The molecule has 1 amide bonds. The van der Waals surface area contributed by atoms with Gasteiger partial charge in [-0.15, -0.1) is 0 Å². The lowest BCUT2D eigenvalue weighted by molar-refractivity contribution is -0.146. The summed E-state index contributed by atoms with van der Waals surface area (Å²) in [6.07, 6.45) is 0.434. The van der Waals surface area contributed by atoms with Gasteiger partial charge in [0.1, 0.15) is 12.7 Å². The van der Waals surface area contributed by atoms with E-state index < -0.39 is 0 Å². The van der Waals surface area contributed by atoms with Gasteiger partial charge in [0, 0.05) is 13.0 Å². The SMILES string of the molecule is O=C(CCC(=O)OCc1ccccc1)NCCOCCOCCOCC1CO1. The van der Waals surface area contributed by atoms with Crippen LogP contribution in [-0.4, -0.2) is 70.8 Å². The van der Waals surface area contributed by atoms with E-state index in [1.54, 1.807) is 0 Å². The van der Waals surface area contributed by atoms with Gasteiger partial charge in [-0.05, 0) is 5.56 Å². The van der Waals surface area contributed by atoms with Crippen LogP contribution in [0, 0.1) is 0 Å². The van der Waals surface area contributed by atoms with Crippen molar-refractivity contribution in [3.63, 3.8) is 0 Å². The molecule has 1 saturated heterocycles. The summed E-state index contributed by atoms with van der Waals surface area (Å²) in [7, 11) is 0. The van der Waals surface area contributed by atoms with E-state index in [1.165, 1.54) is 0 Å². The molecule has 0 spiro atoms. The predicted molar refractivity (Wildman–Crippen MR) is 101 cm³/mol. The van der Waals surface area contributed by atoms with Crippen LogP contribution in [0.2, 0.25) is 0 Å². The van der Waals surface area contributed by atoms with E-state index >= 15 is 0 Å². The van der Waals surface area contributed by atoms with E-state index in [1.807, 2.05) is 30.3 Å². The lowest BCUT2D eigenvalue weighted by atomic mass is 10.2. The average Bonchev–Trinajstić information content (AvgIpc) is 3.54. The Morgan fingerprint density at radius 3 is 2.36 bits per heavy atom. The van der Waals surface area contributed by atoms with Crippen molar-refractivity contribution in [1.82, 2.24) is 5.32 Å². The number of ether oxygens (including phenoxy) is 5.